The van der Waals surface area contributed by atoms with Crippen LogP contribution in [0.1, 0.15) is 59.0 Å². The minimum Gasteiger partial charge on any atom is -0.477 e. The first kappa shape index (κ1) is 24.9. The van der Waals surface area contributed by atoms with Crippen molar-refractivity contribution in [3.8, 4) is 11.3 Å². The SMILES string of the molecule is Cc1cc(C(=O)O)nc2ccc(N3CCC(/C=C/c4c(-c5c(Cl)cncc5Cl)noc4C4CC4)CC3)cc12. The molecule has 9 heteroatoms. The lowest BCUT2D eigenvalue weighted by molar-refractivity contribution is 0.0691. The fraction of sp³-hybridized carbons (Fsp3) is 0.310. The molecule has 0 radical (unpaired) electrons. The molecule has 2 aliphatic rings. The van der Waals surface area contributed by atoms with Gasteiger partial charge in [0.2, 0.25) is 0 Å². The van der Waals surface area contributed by atoms with Crippen LogP contribution in [-0.4, -0.2) is 39.3 Å². The molecular weight excluding hydrogens is 523 g/mol. The summed E-state index contributed by atoms with van der Waals surface area (Å²) in [5, 5.41) is 15.6. The van der Waals surface area contributed by atoms with Gasteiger partial charge in [0, 0.05) is 53.6 Å². The predicted molar refractivity (Wildman–Crippen MR) is 149 cm³/mol. The summed E-state index contributed by atoms with van der Waals surface area (Å²) < 4.78 is 5.78. The lowest BCUT2D eigenvalue weighted by atomic mass is 9.94. The number of rotatable bonds is 6. The van der Waals surface area contributed by atoms with Crippen molar-refractivity contribution in [1.82, 2.24) is 15.1 Å². The highest BCUT2D eigenvalue weighted by Crippen LogP contribution is 2.46. The third-order valence-corrected chi connectivity index (χ3v) is 8.03. The van der Waals surface area contributed by atoms with Crippen molar-refractivity contribution >= 4 is 51.8 Å². The summed E-state index contributed by atoms with van der Waals surface area (Å²) in [5.41, 5.74) is 5.11. The molecule has 4 aromatic rings. The van der Waals surface area contributed by atoms with Crippen molar-refractivity contribution in [3.05, 3.63) is 75.4 Å². The number of hydrogen-bond acceptors (Lipinski definition) is 6. The molecule has 1 aliphatic carbocycles. The minimum absolute atomic E-state index is 0.0737. The number of anilines is 1. The van der Waals surface area contributed by atoms with E-state index in [1.165, 1.54) is 0 Å². The second kappa shape index (κ2) is 10.0. The Morgan fingerprint density at radius 3 is 2.53 bits per heavy atom. The van der Waals surface area contributed by atoms with E-state index in [0.29, 0.717) is 38.7 Å². The van der Waals surface area contributed by atoms with Gasteiger partial charge in [0.25, 0.3) is 0 Å². The summed E-state index contributed by atoms with van der Waals surface area (Å²) in [4.78, 5) is 22.1. The van der Waals surface area contributed by atoms with Crippen LogP contribution in [0.15, 0.2) is 47.3 Å². The zero-order chi connectivity index (χ0) is 26.4. The molecule has 0 unspecified atom stereocenters. The number of pyridine rings is 2. The van der Waals surface area contributed by atoms with Crippen molar-refractivity contribution < 1.29 is 14.4 Å². The number of nitrogens with zero attached hydrogens (tertiary/aromatic N) is 4. The van der Waals surface area contributed by atoms with E-state index >= 15 is 0 Å². The van der Waals surface area contributed by atoms with Crippen LogP contribution in [0.4, 0.5) is 5.69 Å². The van der Waals surface area contributed by atoms with E-state index < -0.39 is 5.97 Å². The molecule has 1 saturated carbocycles. The fourth-order valence-electron chi connectivity index (χ4n) is 5.20. The van der Waals surface area contributed by atoms with Crippen LogP contribution in [0, 0.1) is 12.8 Å². The molecule has 7 nitrogen and oxygen atoms in total. The molecule has 0 atom stereocenters. The van der Waals surface area contributed by atoms with Crippen molar-refractivity contribution in [2.24, 2.45) is 5.92 Å². The Morgan fingerprint density at radius 1 is 1.11 bits per heavy atom. The van der Waals surface area contributed by atoms with E-state index in [9.17, 15) is 9.90 Å². The second-order valence-corrected chi connectivity index (χ2v) is 10.9. The molecular formula is C29H26Cl2N4O3. The first-order valence-corrected chi connectivity index (χ1v) is 13.5. The minimum atomic E-state index is -1.01. The average Bonchev–Trinajstić information content (AvgIpc) is 3.67. The van der Waals surface area contributed by atoms with Gasteiger partial charge >= 0.3 is 5.97 Å². The Hall–Kier alpha value is -3.42. The number of aryl methyl sites for hydroxylation is 1. The molecule has 38 heavy (non-hydrogen) atoms. The lowest BCUT2D eigenvalue weighted by Crippen LogP contribution is -2.33. The maximum absolute atomic E-state index is 11.3. The molecule has 4 heterocycles. The Labute approximate surface area is 230 Å². The average molecular weight is 549 g/mol. The normalized spacial score (nSPS) is 16.6. The second-order valence-electron chi connectivity index (χ2n) is 10.1. The number of carboxylic acids is 1. The van der Waals surface area contributed by atoms with Crippen LogP contribution in [-0.2, 0) is 0 Å². The largest absolute Gasteiger partial charge is 0.477 e. The number of carbonyl (C=O) groups is 1. The van der Waals surface area contributed by atoms with Crippen LogP contribution < -0.4 is 4.90 Å². The molecule has 1 N–H and O–H groups in total. The van der Waals surface area contributed by atoms with Crippen molar-refractivity contribution in [1.29, 1.82) is 0 Å². The Balaban J connectivity index is 1.20. The Bertz CT molecular complexity index is 1550. The standard InChI is InChI=1S/C29H26Cl2N4O3/c1-16-12-25(29(36)37)33-24-7-5-19(13-21(16)24)35-10-8-17(9-11-35)2-6-20-27(34-38-28(20)18-3-4-18)26-22(30)14-32-15-23(26)31/h2,5-7,12-15,17-18H,3-4,8-11H2,1H3,(H,36,37)/b6-2+. The molecule has 0 amide bonds. The number of aromatic nitrogens is 3. The molecule has 6 rings (SSSR count). The van der Waals surface area contributed by atoms with Crippen LogP contribution in [0.2, 0.25) is 10.0 Å². The number of hydrogen-bond donors (Lipinski definition) is 1. The van der Waals surface area contributed by atoms with Gasteiger partial charge < -0.3 is 14.5 Å². The van der Waals surface area contributed by atoms with Gasteiger partial charge in [0.15, 0.2) is 0 Å². The monoisotopic (exact) mass is 548 g/mol. The number of benzene rings is 1. The van der Waals surface area contributed by atoms with Crippen molar-refractivity contribution in [3.63, 3.8) is 0 Å². The highest BCUT2D eigenvalue weighted by atomic mass is 35.5. The number of halogens is 2. The summed E-state index contributed by atoms with van der Waals surface area (Å²) >= 11 is 12.9. The van der Waals surface area contributed by atoms with E-state index in [1.807, 2.05) is 19.1 Å². The van der Waals surface area contributed by atoms with E-state index in [0.717, 1.165) is 66.7 Å². The molecule has 1 aromatic carbocycles. The van der Waals surface area contributed by atoms with Gasteiger partial charge in [-0.3, -0.25) is 4.98 Å². The van der Waals surface area contributed by atoms with E-state index in [4.69, 9.17) is 27.7 Å². The van der Waals surface area contributed by atoms with Gasteiger partial charge in [-0.1, -0.05) is 40.5 Å². The molecule has 0 bridgehead atoms. The first-order chi connectivity index (χ1) is 18.4. The Morgan fingerprint density at radius 2 is 1.84 bits per heavy atom. The summed E-state index contributed by atoms with van der Waals surface area (Å²) in [7, 11) is 0. The molecule has 2 fully saturated rings. The van der Waals surface area contributed by atoms with Crippen LogP contribution in [0.5, 0.6) is 0 Å². The van der Waals surface area contributed by atoms with E-state index in [-0.39, 0.29) is 5.69 Å². The van der Waals surface area contributed by atoms with Gasteiger partial charge in [-0.2, -0.15) is 0 Å². The molecule has 194 valence electrons. The predicted octanol–water partition coefficient (Wildman–Crippen LogP) is 7.41. The number of aromatic carboxylic acids is 1. The quantitative estimate of drug-likeness (QED) is 0.268. The zero-order valence-corrected chi connectivity index (χ0v) is 22.3. The molecule has 1 saturated heterocycles. The molecule has 1 aliphatic heterocycles. The van der Waals surface area contributed by atoms with Gasteiger partial charge in [-0.05, 0) is 68.4 Å². The molecule has 0 spiro atoms. The topological polar surface area (TPSA) is 92.3 Å². The maximum atomic E-state index is 11.3. The van der Waals surface area contributed by atoms with E-state index in [2.05, 4.69) is 38.2 Å². The number of piperidine rings is 1. The van der Waals surface area contributed by atoms with Gasteiger partial charge in [-0.15, -0.1) is 0 Å². The number of carboxylic acid groups (broad SMARTS) is 1. The highest BCUT2D eigenvalue weighted by Gasteiger charge is 2.33. The van der Waals surface area contributed by atoms with Gasteiger partial charge in [0.05, 0.1) is 15.6 Å². The van der Waals surface area contributed by atoms with Crippen LogP contribution in [0.25, 0.3) is 28.2 Å². The molecule has 3 aromatic heterocycles. The van der Waals surface area contributed by atoms with Gasteiger partial charge in [-0.25, -0.2) is 9.78 Å². The highest BCUT2D eigenvalue weighted by molar-refractivity contribution is 6.39. The van der Waals surface area contributed by atoms with E-state index in [1.54, 1.807) is 18.5 Å². The summed E-state index contributed by atoms with van der Waals surface area (Å²) in [6.45, 7) is 3.78. The third-order valence-electron chi connectivity index (χ3n) is 7.45. The Kier molecular flexibility index (Phi) is 6.58. The zero-order valence-electron chi connectivity index (χ0n) is 20.8. The maximum Gasteiger partial charge on any atom is 0.354 e. The van der Waals surface area contributed by atoms with Gasteiger partial charge in [0.1, 0.15) is 17.1 Å². The number of allylic oxidation sites excluding steroid dienone is 1. The fourth-order valence-corrected chi connectivity index (χ4v) is 5.74. The smallest absolute Gasteiger partial charge is 0.354 e. The van der Waals surface area contributed by atoms with Crippen LogP contribution in [0.3, 0.4) is 0 Å². The van der Waals surface area contributed by atoms with Crippen LogP contribution >= 0.6 is 23.2 Å². The first-order valence-electron chi connectivity index (χ1n) is 12.8. The summed E-state index contributed by atoms with van der Waals surface area (Å²) in [5.74, 6) is 0.716. The lowest BCUT2D eigenvalue weighted by Gasteiger charge is -2.32. The summed E-state index contributed by atoms with van der Waals surface area (Å²) in [6.07, 6.45) is 11.8. The number of fused-ring (bicyclic) bond motifs is 1. The van der Waals surface area contributed by atoms with Crippen molar-refractivity contribution in [2.45, 2.75) is 38.5 Å². The summed E-state index contributed by atoms with van der Waals surface area (Å²) in [6, 6.07) is 7.70. The third kappa shape index (κ3) is 4.76. The van der Waals surface area contributed by atoms with Crippen molar-refractivity contribution in [2.75, 3.05) is 18.0 Å².